The average Bonchev–Trinajstić information content (AvgIpc) is 2.36. The van der Waals surface area contributed by atoms with Gasteiger partial charge in [-0.05, 0) is 56.1 Å². The van der Waals surface area contributed by atoms with E-state index in [2.05, 4.69) is 44.7 Å². The van der Waals surface area contributed by atoms with Gasteiger partial charge in [-0.2, -0.15) is 0 Å². The summed E-state index contributed by atoms with van der Waals surface area (Å²) in [5, 5.41) is 10.4. The molecule has 0 aliphatic carbocycles. The summed E-state index contributed by atoms with van der Waals surface area (Å²) < 4.78 is 0. The maximum Gasteiger partial charge on any atom is 0.133 e. The molecule has 0 fully saturated rings. The molecule has 1 unspecified atom stereocenters. The smallest absolute Gasteiger partial charge is 0.133 e. The Morgan fingerprint density at radius 3 is 2.33 bits per heavy atom. The predicted octanol–water partition coefficient (Wildman–Crippen LogP) is 3.67. The van der Waals surface area contributed by atoms with E-state index in [9.17, 15) is 5.11 Å². The summed E-state index contributed by atoms with van der Waals surface area (Å²) in [4.78, 5) is 2.05. The van der Waals surface area contributed by atoms with Crippen molar-refractivity contribution < 1.29 is 5.11 Å². The lowest BCUT2D eigenvalue weighted by atomic mass is 9.96. The van der Waals surface area contributed by atoms with Crippen molar-refractivity contribution >= 4 is 6.08 Å². The van der Waals surface area contributed by atoms with Gasteiger partial charge in [0.15, 0.2) is 0 Å². The standard InChI is InChI=1S/C16H25NO/c1-6-9-14-12(4)10-11-15(13(14)5)16(18)17(7-2)8-3/h6,9-11,16,18H,7-8H2,1-5H3/b9-6+. The zero-order valence-electron chi connectivity index (χ0n) is 12.2. The highest BCUT2D eigenvalue weighted by Crippen LogP contribution is 2.26. The Morgan fingerprint density at radius 2 is 1.83 bits per heavy atom. The van der Waals surface area contributed by atoms with E-state index in [0.29, 0.717) is 0 Å². The van der Waals surface area contributed by atoms with Gasteiger partial charge in [-0.25, -0.2) is 0 Å². The first-order chi connectivity index (χ1) is 8.56. The molecule has 0 spiro atoms. The quantitative estimate of drug-likeness (QED) is 0.802. The monoisotopic (exact) mass is 247 g/mol. The number of rotatable bonds is 5. The molecule has 0 bridgehead atoms. The molecule has 1 aromatic rings. The van der Waals surface area contributed by atoms with Gasteiger partial charge in [-0.3, -0.25) is 4.90 Å². The largest absolute Gasteiger partial charge is 0.374 e. The fourth-order valence-electron chi connectivity index (χ4n) is 2.35. The Hall–Kier alpha value is -1.12. The van der Waals surface area contributed by atoms with E-state index in [4.69, 9.17) is 0 Å². The van der Waals surface area contributed by atoms with Gasteiger partial charge in [-0.15, -0.1) is 0 Å². The molecule has 0 saturated heterocycles. The molecule has 2 heteroatoms. The van der Waals surface area contributed by atoms with E-state index in [-0.39, 0.29) is 0 Å². The molecule has 1 N–H and O–H groups in total. The number of hydrogen-bond acceptors (Lipinski definition) is 2. The Balaban J connectivity index is 3.21. The van der Waals surface area contributed by atoms with Crippen molar-refractivity contribution in [1.29, 1.82) is 0 Å². The number of benzene rings is 1. The van der Waals surface area contributed by atoms with Gasteiger partial charge in [-0.1, -0.05) is 38.1 Å². The molecule has 100 valence electrons. The first-order valence-corrected chi connectivity index (χ1v) is 6.71. The highest BCUT2D eigenvalue weighted by atomic mass is 16.3. The third-order valence-corrected chi connectivity index (χ3v) is 3.54. The maximum absolute atomic E-state index is 10.4. The second-order valence-corrected chi connectivity index (χ2v) is 4.61. The summed E-state index contributed by atoms with van der Waals surface area (Å²) in [6, 6.07) is 4.13. The zero-order valence-corrected chi connectivity index (χ0v) is 12.2. The molecule has 1 atom stereocenters. The molecule has 18 heavy (non-hydrogen) atoms. The predicted molar refractivity (Wildman–Crippen MR) is 78.5 cm³/mol. The molecule has 0 aliphatic rings. The third kappa shape index (κ3) is 3.01. The Kier molecular flexibility index (Phi) is 5.57. The maximum atomic E-state index is 10.4. The molecule has 0 amide bonds. The number of aliphatic hydroxyl groups excluding tert-OH is 1. The van der Waals surface area contributed by atoms with Crippen LogP contribution in [-0.4, -0.2) is 23.1 Å². The summed E-state index contributed by atoms with van der Waals surface area (Å²) in [7, 11) is 0. The van der Waals surface area contributed by atoms with Gasteiger partial charge >= 0.3 is 0 Å². The van der Waals surface area contributed by atoms with Crippen molar-refractivity contribution in [1.82, 2.24) is 4.90 Å². The fourth-order valence-corrected chi connectivity index (χ4v) is 2.35. The Bertz CT molecular complexity index is 419. The van der Waals surface area contributed by atoms with Gasteiger partial charge in [0.1, 0.15) is 6.23 Å². The first kappa shape index (κ1) is 14.9. The van der Waals surface area contributed by atoms with Gasteiger partial charge in [0.25, 0.3) is 0 Å². The summed E-state index contributed by atoms with van der Waals surface area (Å²) in [5.41, 5.74) is 4.66. The molecular formula is C16H25NO. The molecule has 0 saturated carbocycles. The van der Waals surface area contributed by atoms with Crippen molar-refractivity contribution in [2.24, 2.45) is 0 Å². The van der Waals surface area contributed by atoms with Crippen LogP contribution in [0.5, 0.6) is 0 Å². The number of aryl methyl sites for hydroxylation is 1. The van der Waals surface area contributed by atoms with Crippen LogP contribution in [0, 0.1) is 13.8 Å². The van der Waals surface area contributed by atoms with E-state index in [1.807, 2.05) is 19.1 Å². The van der Waals surface area contributed by atoms with Crippen LogP contribution in [0.1, 0.15) is 49.3 Å². The topological polar surface area (TPSA) is 23.5 Å². The highest BCUT2D eigenvalue weighted by Gasteiger charge is 2.17. The number of aliphatic hydroxyl groups is 1. The fraction of sp³-hybridized carbons (Fsp3) is 0.500. The second-order valence-electron chi connectivity index (χ2n) is 4.61. The number of nitrogens with zero attached hydrogens (tertiary/aromatic N) is 1. The summed E-state index contributed by atoms with van der Waals surface area (Å²) in [6.45, 7) is 12.1. The second kappa shape index (κ2) is 6.72. The summed E-state index contributed by atoms with van der Waals surface area (Å²) in [5.74, 6) is 0. The summed E-state index contributed by atoms with van der Waals surface area (Å²) >= 11 is 0. The minimum atomic E-state index is -0.510. The molecule has 2 nitrogen and oxygen atoms in total. The van der Waals surface area contributed by atoms with Crippen LogP contribution in [0.4, 0.5) is 0 Å². The van der Waals surface area contributed by atoms with Crippen LogP contribution in [0.25, 0.3) is 6.08 Å². The van der Waals surface area contributed by atoms with E-state index < -0.39 is 6.23 Å². The number of allylic oxidation sites excluding steroid dienone is 1. The molecule has 0 radical (unpaired) electrons. The third-order valence-electron chi connectivity index (χ3n) is 3.54. The van der Waals surface area contributed by atoms with Crippen LogP contribution in [0.15, 0.2) is 18.2 Å². The Morgan fingerprint density at radius 1 is 1.22 bits per heavy atom. The lowest BCUT2D eigenvalue weighted by Crippen LogP contribution is -2.28. The number of hydrogen-bond donors (Lipinski definition) is 1. The van der Waals surface area contributed by atoms with Crippen molar-refractivity contribution in [2.75, 3.05) is 13.1 Å². The first-order valence-electron chi connectivity index (χ1n) is 6.71. The Labute approximate surface area is 111 Å². The minimum Gasteiger partial charge on any atom is -0.374 e. The highest BCUT2D eigenvalue weighted by molar-refractivity contribution is 5.59. The van der Waals surface area contributed by atoms with Crippen molar-refractivity contribution in [3.05, 3.63) is 40.5 Å². The molecule has 1 rings (SSSR count). The average molecular weight is 247 g/mol. The molecular weight excluding hydrogens is 222 g/mol. The van der Waals surface area contributed by atoms with E-state index >= 15 is 0 Å². The van der Waals surface area contributed by atoms with Gasteiger partial charge in [0.2, 0.25) is 0 Å². The summed E-state index contributed by atoms with van der Waals surface area (Å²) in [6.07, 6.45) is 3.65. The van der Waals surface area contributed by atoms with Crippen molar-refractivity contribution in [2.45, 2.75) is 40.8 Å². The van der Waals surface area contributed by atoms with Gasteiger partial charge in [0.05, 0.1) is 0 Å². The van der Waals surface area contributed by atoms with Crippen LogP contribution in [-0.2, 0) is 0 Å². The lowest BCUT2D eigenvalue weighted by molar-refractivity contribution is 0.00854. The lowest BCUT2D eigenvalue weighted by Gasteiger charge is -2.27. The van der Waals surface area contributed by atoms with E-state index in [1.54, 1.807) is 0 Å². The van der Waals surface area contributed by atoms with E-state index in [0.717, 1.165) is 18.7 Å². The van der Waals surface area contributed by atoms with Crippen molar-refractivity contribution in [3.8, 4) is 0 Å². The SMILES string of the molecule is C/C=C/c1c(C)ccc(C(O)N(CC)CC)c1C. The van der Waals surface area contributed by atoms with Gasteiger partial charge in [0, 0.05) is 0 Å². The molecule has 1 aromatic carbocycles. The molecule has 0 aromatic heterocycles. The minimum absolute atomic E-state index is 0.510. The van der Waals surface area contributed by atoms with E-state index in [1.165, 1.54) is 16.7 Å². The molecule has 0 aliphatic heterocycles. The molecule has 0 heterocycles. The van der Waals surface area contributed by atoms with Crippen LogP contribution in [0.2, 0.25) is 0 Å². The van der Waals surface area contributed by atoms with Crippen LogP contribution >= 0.6 is 0 Å². The van der Waals surface area contributed by atoms with Crippen LogP contribution < -0.4 is 0 Å². The van der Waals surface area contributed by atoms with Gasteiger partial charge < -0.3 is 5.11 Å². The normalized spacial score (nSPS) is 13.5. The van der Waals surface area contributed by atoms with Crippen LogP contribution in [0.3, 0.4) is 0 Å². The zero-order chi connectivity index (χ0) is 13.7. The van der Waals surface area contributed by atoms with Crippen molar-refractivity contribution in [3.63, 3.8) is 0 Å².